The number of nitrogens with one attached hydrogen (secondary N) is 1. The molecule has 0 saturated heterocycles. The van der Waals surface area contributed by atoms with Crippen molar-refractivity contribution in [3.05, 3.63) is 11.6 Å². The van der Waals surface area contributed by atoms with Crippen LogP contribution in [0.15, 0.2) is 11.6 Å². The highest BCUT2D eigenvalue weighted by Crippen LogP contribution is 2.59. The molecule has 0 aliphatic heterocycles. The van der Waals surface area contributed by atoms with Crippen molar-refractivity contribution >= 4 is 0 Å². The molecule has 1 N–H and O–H groups in total. The van der Waals surface area contributed by atoms with Crippen LogP contribution in [0.4, 0.5) is 0 Å². The van der Waals surface area contributed by atoms with Gasteiger partial charge in [-0.1, -0.05) is 25.5 Å². The van der Waals surface area contributed by atoms with Gasteiger partial charge in [-0.25, -0.2) is 0 Å². The van der Waals surface area contributed by atoms with Crippen LogP contribution >= 0.6 is 0 Å². The zero-order valence-corrected chi connectivity index (χ0v) is 13.0. The van der Waals surface area contributed by atoms with Crippen molar-refractivity contribution in [3.63, 3.8) is 0 Å². The first-order valence-corrected chi connectivity index (χ1v) is 7.67. The SMILES string of the molecule is CC1(C)CC(CNC(C)(C)C)(C2=CCCCC2)C1. The Bertz CT molecular complexity index is 322. The van der Waals surface area contributed by atoms with Crippen molar-refractivity contribution < 1.29 is 0 Å². The molecule has 0 radical (unpaired) electrons. The summed E-state index contributed by atoms with van der Waals surface area (Å²) in [7, 11) is 0. The third-order valence-electron chi connectivity index (χ3n) is 4.56. The van der Waals surface area contributed by atoms with Crippen molar-refractivity contribution in [1.82, 2.24) is 5.32 Å². The fourth-order valence-electron chi connectivity index (χ4n) is 4.00. The van der Waals surface area contributed by atoms with Crippen LogP contribution in [0.3, 0.4) is 0 Å². The van der Waals surface area contributed by atoms with Crippen molar-refractivity contribution in [3.8, 4) is 0 Å². The fourth-order valence-corrected chi connectivity index (χ4v) is 4.00. The molecule has 1 nitrogen and oxygen atoms in total. The van der Waals surface area contributed by atoms with Gasteiger partial charge in [0.15, 0.2) is 0 Å². The monoisotopic (exact) mass is 249 g/mol. The lowest BCUT2D eigenvalue weighted by atomic mass is 9.50. The molecule has 1 saturated carbocycles. The van der Waals surface area contributed by atoms with Crippen LogP contribution < -0.4 is 5.32 Å². The van der Waals surface area contributed by atoms with Gasteiger partial charge >= 0.3 is 0 Å². The maximum atomic E-state index is 3.76. The third-order valence-corrected chi connectivity index (χ3v) is 4.56. The van der Waals surface area contributed by atoms with Crippen LogP contribution in [0.1, 0.15) is 73.1 Å². The van der Waals surface area contributed by atoms with E-state index in [2.05, 4.69) is 46.0 Å². The summed E-state index contributed by atoms with van der Waals surface area (Å²) in [5, 5.41) is 3.76. The average molecular weight is 249 g/mol. The number of hydrogen-bond donors (Lipinski definition) is 1. The highest BCUT2D eigenvalue weighted by molar-refractivity contribution is 5.24. The Morgan fingerprint density at radius 3 is 2.28 bits per heavy atom. The molecule has 1 heteroatoms. The molecule has 0 aromatic carbocycles. The van der Waals surface area contributed by atoms with E-state index in [1.54, 1.807) is 5.57 Å². The predicted octanol–water partition coefficient (Wildman–Crippen LogP) is 4.68. The van der Waals surface area contributed by atoms with Gasteiger partial charge in [-0.3, -0.25) is 0 Å². The zero-order valence-electron chi connectivity index (χ0n) is 13.0. The van der Waals surface area contributed by atoms with Gasteiger partial charge in [0.25, 0.3) is 0 Å². The van der Waals surface area contributed by atoms with Crippen molar-refractivity contribution in [1.29, 1.82) is 0 Å². The maximum Gasteiger partial charge on any atom is 0.00968 e. The van der Waals surface area contributed by atoms with Gasteiger partial charge < -0.3 is 5.32 Å². The number of rotatable bonds is 3. The molecule has 0 atom stereocenters. The van der Waals surface area contributed by atoms with E-state index in [1.807, 2.05) is 0 Å². The van der Waals surface area contributed by atoms with Crippen LogP contribution in [-0.2, 0) is 0 Å². The quantitative estimate of drug-likeness (QED) is 0.716. The minimum atomic E-state index is 0.238. The second-order valence-corrected chi connectivity index (χ2v) is 8.38. The molecule has 0 heterocycles. The van der Waals surface area contributed by atoms with Crippen molar-refractivity contribution in [2.75, 3.05) is 6.54 Å². The summed E-state index contributed by atoms with van der Waals surface area (Å²) in [6, 6.07) is 0. The van der Waals surface area contributed by atoms with Crippen LogP contribution in [0.5, 0.6) is 0 Å². The molecule has 0 unspecified atom stereocenters. The Morgan fingerprint density at radius 1 is 1.17 bits per heavy atom. The molecular formula is C17H31N. The van der Waals surface area contributed by atoms with Gasteiger partial charge in [-0.2, -0.15) is 0 Å². The topological polar surface area (TPSA) is 12.0 Å². The molecule has 1 fully saturated rings. The molecule has 104 valence electrons. The Balaban J connectivity index is 2.08. The summed E-state index contributed by atoms with van der Waals surface area (Å²) in [4.78, 5) is 0. The van der Waals surface area contributed by atoms with E-state index in [-0.39, 0.29) is 5.54 Å². The van der Waals surface area contributed by atoms with E-state index >= 15 is 0 Å². The van der Waals surface area contributed by atoms with E-state index in [4.69, 9.17) is 0 Å². The second-order valence-electron chi connectivity index (χ2n) is 8.38. The van der Waals surface area contributed by atoms with Crippen LogP contribution in [0.25, 0.3) is 0 Å². The van der Waals surface area contributed by atoms with Crippen LogP contribution in [-0.4, -0.2) is 12.1 Å². The van der Waals surface area contributed by atoms with Crippen molar-refractivity contribution in [2.45, 2.75) is 78.7 Å². The van der Waals surface area contributed by atoms with Crippen LogP contribution in [0, 0.1) is 10.8 Å². The lowest BCUT2D eigenvalue weighted by molar-refractivity contribution is 0.0111. The van der Waals surface area contributed by atoms with Gasteiger partial charge in [0.2, 0.25) is 0 Å². The average Bonchev–Trinajstić information content (AvgIpc) is 2.23. The molecule has 0 aromatic rings. The Morgan fingerprint density at radius 2 is 1.83 bits per heavy atom. The lowest BCUT2D eigenvalue weighted by Crippen LogP contribution is -2.53. The molecule has 0 spiro atoms. The van der Waals surface area contributed by atoms with Gasteiger partial charge in [0.1, 0.15) is 0 Å². The molecule has 2 rings (SSSR count). The summed E-state index contributed by atoms with van der Waals surface area (Å²) >= 11 is 0. The summed E-state index contributed by atoms with van der Waals surface area (Å²) in [5.74, 6) is 0. The van der Waals surface area contributed by atoms with Gasteiger partial charge in [0.05, 0.1) is 0 Å². The second kappa shape index (κ2) is 4.67. The summed E-state index contributed by atoms with van der Waals surface area (Å²) in [6.45, 7) is 12.8. The highest BCUT2D eigenvalue weighted by Gasteiger charge is 2.50. The first-order valence-electron chi connectivity index (χ1n) is 7.67. The first-order chi connectivity index (χ1) is 8.23. The lowest BCUT2D eigenvalue weighted by Gasteiger charge is -2.56. The van der Waals surface area contributed by atoms with Crippen molar-refractivity contribution in [2.24, 2.45) is 10.8 Å². The number of allylic oxidation sites excluding steroid dienone is 1. The molecule has 0 amide bonds. The largest absolute Gasteiger partial charge is 0.311 e. The molecule has 0 bridgehead atoms. The minimum Gasteiger partial charge on any atom is -0.311 e. The number of hydrogen-bond acceptors (Lipinski definition) is 1. The smallest absolute Gasteiger partial charge is 0.00968 e. The van der Waals surface area contributed by atoms with Gasteiger partial charge in [0, 0.05) is 17.5 Å². The fraction of sp³-hybridized carbons (Fsp3) is 0.882. The van der Waals surface area contributed by atoms with Gasteiger partial charge in [-0.15, -0.1) is 0 Å². The highest BCUT2D eigenvalue weighted by atomic mass is 15.0. The Labute approximate surface area is 113 Å². The standard InChI is InChI=1S/C17H31N/c1-15(2,3)18-13-17(11-16(4,5)12-17)14-9-7-6-8-10-14/h9,18H,6-8,10-13H2,1-5H3. The normalized spacial score (nSPS) is 26.4. The van der Waals surface area contributed by atoms with E-state index < -0.39 is 0 Å². The zero-order chi connectivity index (χ0) is 13.4. The first kappa shape index (κ1) is 14.1. The molecule has 2 aliphatic rings. The molecule has 2 aliphatic carbocycles. The maximum absolute atomic E-state index is 3.76. The Hall–Kier alpha value is -0.300. The molecule has 0 aromatic heterocycles. The third kappa shape index (κ3) is 3.17. The summed E-state index contributed by atoms with van der Waals surface area (Å²) in [5.41, 5.74) is 3.04. The summed E-state index contributed by atoms with van der Waals surface area (Å²) < 4.78 is 0. The van der Waals surface area contributed by atoms with Crippen LogP contribution in [0.2, 0.25) is 0 Å². The van der Waals surface area contributed by atoms with E-state index in [9.17, 15) is 0 Å². The molecule has 18 heavy (non-hydrogen) atoms. The predicted molar refractivity (Wildman–Crippen MR) is 79.8 cm³/mol. The Kier molecular flexibility index (Phi) is 3.66. The van der Waals surface area contributed by atoms with E-state index in [1.165, 1.54) is 45.1 Å². The molecular weight excluding hydrogens is 218 g/mol. The summed E-state index contributed by atoms with van der Waals surface area (Å²) in [6.07, 6.45) is 10.8. The van der Waals surface area contributed by atoms with Gasteiger partial charge in [-0.05, 0) is 64.7 Å². The van der Waals surface area contributed by atoms with E-state index in [0.717, 1.165) is 0 Å². The van der Waals surface area contributed by atoms with E-state index in [0.29, 0.717) is 10.8 Å². The minimum absolute atomic E-state index is 0.238.